The Labute approximate surface area is 118 Å². The molecule has 2 rings (SSSR count). The summed E-state index contributed by atoms with van der Waals surface area (Å²) in [6, 6.07) is 4.06. The average Bonchev–Trinajstić information content (AvgIpc) is 3.14. The number of phenols is 1. The molecular weight excluding hydrogens is 271 g/mol. The van der Waals surface area contributed by atoms with E-state index in [9.17, 15) is 5.11 Å². The first-order valence-electron chi connectivity index (χ1n) is 6.16. The molecule has 1 aromatic carbocycles. The number of hydrogen-bond acceptors (Lipinski definition) is 3. The summed E-state index contributed by atoms with van der Waals surface area (Å²) in [6.07, 6.45) is 2.64. The molecule has 100 valence electrons. The van der Waals surface area contributed by atoms with Crippen molar-refractivity contribution >= 4 is 23.2 Å². The summed E-state index contributed by atoms with van der Waals surface area (Å²) in [4.78, 5) is 2.36. The summed E-state index contributed by atoms with van der Waals surface area (Å²) in [6.45, 7) is 2.47. The van der Waals surface area contributed by atoms with Crippen molar-refractivity contribution in [3.05, 3.63) is 27.7 Å². The maximum absolute atomic E-state index is 9.79. The second-order valence-corrected chi connectivity index (χ2v) is 5.63. The first-order valence-corrected chi connectivity index (χ1v) is 6.91. The van der Waals surface area contributed by atoms with Crippen molar-refractivity contribution < 1.29 is 5.11 Å². The molecule has 2 N–H and O–H groups in total. The third kappa shape index (κ3) is 3.75. The van der Waals surface area contributed by atoms with Gasteiger partial charge in [-0.15, -0.1) is 0 Å². The van der Waals surface area contributed by atoms with E-state index in [0.717, 1.165) is 24.7 Å². The van der Waals surface area contributed by atoms with Crippen molar-refractivity contribution in [2.75, 3.05) is 20.1 Å². The minimum atomic E-state index is 0.115. The Morgan fingerprint density at radius 1 is 1.39 bits per heavy atom. The number of rotatable bonds is 6. The number of hydrogen-bond donors (Lipinski definition) is 2. The standard InChI is InChI=1S/C13H18Cl2N2O/c1-17(11-2-3-11)5-4-16-8-9-6-10(14)7-12(15)13(9)18/h6-7,11,16,18H,2-5,8H2,1H3. The number of phenolic OH excluding ortho intramolecular Hbond substituents is 1. The van der Waals surface area contributed by atoms with Crippen molar-refractivity contribution in [1.29, 1.82) is 0 Å². The zero-order valence-electron chi connectivity index (χ0n) is 10.4. The molecule has 0 aromatic heterocycles. The van der Waals surface area contributed by atoms with Gasteiger partial charge in [-0.25, -0.2) is 0 Å². The molecule has 0 spiro atoms. The van der Waals surface area contributed by atoms with Gasteiger partial charge in [0, 0.05) is 36.3 Å². The van der Waals surface area contributed by atoms with Gasteiger partial charge in [-0.3, -0.25) is 0 Å². The zero-order valence-corrected chi connectivity index (χ0v) is 11.9. The lowest BCUT2D eigenvalue weighted by Gasteiger charge is -2.16. The first kappa shape index (κ1) is 13.9. The fourth-order valence-electron chi connectivity index (χ4n) is 1.93. The molecule has 0 saturated heterocycles. The second kappa shape index (κ2) is 6.11. The molecule has 1 fully saturated rings. The lowest BCUT2D eigenvalue weighted by molar-refractivity contribution is 0.321. The topological polar surface area (TPSA) is 35.5 Å². The van der Waals surface area contributed by atoms with E-state index < -0.39 is 0 Å². The number of benzene rings is 1. The van der Waals surface area contributed by atoms with E-state index in [2.05, 4.69) is 17.3 Å². The molecule has 0 aliphatic heterocycles. The largest absolute Gasteiger partial charge is 0.506 e. The van der Waals surface area contributed by atoms with Gasteiger partial charge >= 0.3 is 0 Å². The predicted octanol–water partition coefficient (Wildman–Crippen LogP) is 2.88. The molecule has 18 heavy (non-hydrogen) atoms. The van der Waals surface area contributed by atoms with Gasteiger partial charge in [0.25, 0.3) is 0 Å². The van der Waals surface area contributed by atoms with Gasteiger partial charge in [-0.05, 0) is 32.0 Å². The molecule has 0 amide bonds. The summed E-state index contributed by atoms with van der Waals surface area (Å²) < 4.78 is 0. The van der Waals surface area contributed by atoms with Gasteiger partial charge in [-0.2, -0.15) is 0 Å². The van der Waals surface area contributed by atoms with Crippen molar-refractivity contribution in [2.24, 2.45) is 0 Å². The van der Waals surface area contributed by atoms with Crippen molar-refractivity contribution in [2.45, 2.75) is 25.4 Å². The summed E-state index contributed by atoms with van der Waals surface area (Å²) in [7, 11) is 2.15. The molecule has 1 aliphatic rings. The Hall–Kier alpha value is -0.480. The molecule has 0 bridgehead atoms. The lowest BCUT2D eigenvalue weighted by atomic mass is 10.2. The minimum absolute atomic E-state index is 0.115. The van der Waals surface area contributed by atoms with Gasteiger partial charge in [-0.1, -0.05) is 23.2 Å². The van der Waals surface area contributed by atoms with Crippen LogP contribution in [0.15, 0.2) is 12.1 Å². The van der Waals surface area contributed by atoms with E-state index in [4.69, 9.17) is 23.2 Å². The summed E-state index contributed by atoms with van der Waals surface area (Å²) in [5.74, 6) is 0.115. The van der Waals surface area contributed by atoms with Crippen LogP contribution in [0.4, 0.5) is 0 Å². The predicted molar refractivity (Wildman–Crippen MR) is 75.5 cm³/mol. The smallest absolute Gasteiger partial charge is 0.138 e. The third-order valence-corrected chi connectivity index (χ3v) is 3.74. The van der Waals surface area contributed by atoms with E-state index >= 15 is 0 Å². The lowest BCUT2D eigenvalue weighted by Crippen LogP contribution is -2.30. The molecule has 0 unspecified atom stereocenters. The summed E-state index contributed by atoms with van der Waals surface area (Å²) >= 11 is 11.8. The highest BCUT2D eigenvalue weighted by Gasteiger charge is 2.25. The Morgan fingerprint density at radius 2 is 2.11 bits per heavy atom. The van der Waals surface area contributed by atoms with E-state index in [-0.39, 0.29) is 5.75 Å². The van der Waals surface area contributed by atoms with Crippen LogP contribution >= 0.6 is 23.2 Å². The Morgan fingerprint density at radius 3 is 2.78 bits per heavy atom. The first-order chi connectivity index (χ1) is 8.58. The highest BCUT2D eigenvalue weighted by Crippen LogP contribution is 2.31. The van der Waals surface area contributed by atoms with Gasteiger partial charge < -0.3 is 15.3 Å². The number of halogens is 2. The summed E-state index contributed by atoms with van der Waals surface area (Å²) in [5.41, 5.74) is 0.738. The molecule has 3 nitrogen and oxygen atoms in total. The van der Waals surface area contributed by atoms with E-state index in [1.54, 1.807) is 12.1 Å². The van der Waals surface area contributed by atoms with Crippen LogP contribution in [-0.2, 0) is 6.54 Å². The van der Waals surface area contributed by atoms with Gasteiger partial charge in [0.05, 0.1) is 5.02 Å². The zero-order chi connectivity index (χ0) is 13.1. The van der Waals surface area contributed by atoms with Crippen LogP contribution in [0.25, 0.3) is 0 Å². The Balaban J connectivity index is 1.79. The number of nitrogens with zero attached hydrogens (tertiary/aromatic N) is 1. The van der Waals surface area contributed by atoms with Crippen LogP contribution < -0.4 is 5.32 Å². The number of likely N-dealkylation sites (N-methyl/N-ethyl adjacent to an activating group) is 1. The minimum Gasteiger partial charge on any atom is -0.506 e. The molecule has 0 atom stereocenters. The average molecular weight is 289 g/mol. The fourth-order valence-corrected chi connectivity index (χ4v) is 2.47. The van der Waals surface area contributed by atoms with Crippen LogP contribution in [0, 0.1) is 0 Å². The third-order valence-electron chi connectivity index (χ3n) is 3.23. The molecule has 0 heterocycles. The Kier molecular flexibility index (Phi) is 4.73. The SMILES string of the molecule is CN(CCNCc1cc(Cl)cc(Cl)c1O)C1CC1. The van der Waals surface area contributed by atoms with Crippen LogP contribution in [0.2, 0.25) is 10.0 Å². The monoisotopic (exact) mass is 288 g/mol. The maximum Gasteiger partial charge on any atom is 0.138 e. The molecule has 1 saturated carbocycles. The number of nitrogens with one attached hydrogen (secondary N) is 1. The van der Waals surface area contributed by atoms with Crippen LogP contribution in [0.3, 0.4) is 0 Å². The van der Waals surface area contributed by atoms with Crippen LogP contribution in [0.1, 0.15) is 18.4 Å². The fraction of sp³-hybridized carbons (Fsp3) is 0.538. The highest BCUT2D eigenvalue weighted by atomic mass is 35.5. The number of aromatic hydroxyl groups is 1. The van der Waals surface area contributed by atoms with E-state index in [1.165, 1.54) is 12.8 Å². The molecule has 5 heteroatoms. The van der Waals surface area contributed by atoms with Crippen LogP contribution in [-0.4, -0.2) is 36.2 Å². The van der Waals surface area contributed by atoms with Gasteiger partial charge in [0.15, 0.2) is 0 Å². The van der Waals surface area contributed by atoms with E-state index in [0.29, 0.717) is 16.6 Å². The van der Waals surface area contributed by atoms with Gasteiger partial charge in [0.1, 0.15) is 5.75 Å². The summed E-state index contributed by atoms with van der Waals surface area (Å²) in [5, 5.41) is 13.9. The highest BCUT2D eigenvalue weighted by molar-refractivity contribution is 6.35. The quantitative estimate of drug-likeness (QED) is 0.790. The van der Waals surface area contributed by atoms with Crippen molar-refractivity contribution in [3.8, 4) is 5.75 Å². The van der Waals surface area contributed by atoms with Crippen LogP contribution in [0.5, 0.6) is 5.75 Å². The second-order valence-electron chi connectivity index (χ2n) is 4.78. The van der Waals surface area contributed by atoms with E-state index in [1.807, 2.05) is 0 Å². The Bertz CT molecular complexity index is 422. The normalized spacial score (nSPS) is 15.3. The molecule has 0 radical (unpaired) electrons. The van der Waals surface area contributed by atoms with Gasteiger partial charge in [0.2, 0.25) is 0 Å². The van der Waals surface area contributed by atoms with Crippen molar-refractivity contribution in [1.82, 2.24) is 10.2 Å². The van der Waals surface area contributed by atoms with Crippen molar-refractivity contribution in [3.63, 3.8) is 0 Å². The molecular formula is C13H18Cl2N2O. The maximum atomic E-state index is 9.79. The molecule has 1 aromatic rings. The molecule has 1 aliphatic carbocycles.